The fourth-order valence-electron chi connectivity index (χ4n) is 4.66. The van der Waals surface area contributed by atoms with Crippen molar-refractivity contribution in [3.05, 3.63) is 72.8 Å². The summed E-state index contributed by atoms with van der Waals surface area (Å²) < 4.78 is 0. The Labute approximate surface area is 199 Å². The van der Waals surface area contributed by atoms with E-state index in [-0.39, 0.29) is 18.1 Å². The topological polar surface area (TPSA) is 90.0 Å². The van der Waals surface area contributed by atoms with Crippen LogP contribution in [0.4, 0.5) is 10.6 Å². The molecule has 0 spiro atoms. The van der Waals surface area contributed by atoms with Gasteiger partial charge in [0.05, 0.1) is 11.4 Å². The smallest absolute Gasteiger partial charge is 0.318 e. The summed E-state index contributed by atoms with van der Waals surface area (Å²) in [6, 6.07) is 16.2. The predicted molar refractivity (Wildman–Crippen MR) is 134 cm³/mol. The number of H-pyrrole nitrogens is 1. The Morgan fingerprint density at radius 1 is 1.15 bits per heavy atom. The summed E-state index contributed by atoms with van der Waals surface area (Å²) in [4.78, 5) is 33.8. The van der Waals surface area contributed by atoms with E-state index in [0.717, 1.165) is 40.1 Å². The first-order chi connectivity index (χ1) is 16.6. The summed E-state index contributed by atoms with van der Waals surface area (Å²) in [5.41, 5.74) is 3.97. The fourth-order valence-corrected chi connectivity index (χ4v) is 4.66. The summed E-state index contributed by atoms with van der Waals surface area (Å²) in [6.07, 6.45) is 6.00. The lowest BCUT2D eigenvalue weighted by molar-refractivity contribution is 0.167. The lowest BCUT2D eigenvalue weighted by atomic mass is 10.0. The summed E-state index contributed by atoms with van der Waals surface area (Å²) in [5.74, 6) is 0.893. The second kappa shape index (κ2) is 9.51. The molecule has 0 unspecified atom stereocenters. The summed E-state index contributed by atoms with van der Waals surface area (Å²) in [7, 11) is 0. The van der Waals surface area contributed by atoms with Crippen LogP contribution in [0.5, 0.6) is 0 Å². The zero-order valence-corrected chi connectivity index (χ0v) is 19.5. The van der Waals surface area contributed by atoms with Crippen molar-refractivity contribution >= 4 is 22.9 Å². The molecule has 0 aliphatic carbocycles. The Morgan fingerprint density at radius 3 is 2.68 bits per heavy atom. The molecular formula is C26H29N7O. The van der Waals surface area contributed by atoms with Gasteiger partial charge in [-0.3, -0.25) is 4.98 Å². The van der Waals surface area contributed by atoms with Gasteiger partial charge >= 0.3 is 6.03 Å². The zero-order chi connectivity index (χ0) is 23.5. The molecule has 8 nitrogen and oxygen atoms in total. The van der Waals surface area contributed by atoms with Gasteiger partial charge < -0.3 is 20.1 Å². The number of carbonyl (C=O) groups is 1. The molecule has 1 saturated heterocycles. The molecule has 5 rings (SSSR count). The molecule has 8 heteroatoms. The number of aromatic amines is 1. The normalized spacial score (nSPS) is 17.1. The Hall–Kier alpha value is -3.94. The van der Waals surface area contributed by atoms with Crippen molar-refractivity contribution in [3.63, 3.8) is 0 Å². The maximum atomic E-state index is 13.1. The standard InChI is InChI=1S/C26H29N7O/c1-3-22(19-7-5-4-6-8-19)31-26(34)33-14-13-32(16-18(33)2)25-21-15-23(20-9-11-27-12-10-20)30-24(21)28-17-29-25/h4-12,15,17-18,22H,3,13-14,16H2,1-2H3,(H,31,34)(H,28,29,30)/t18-,22+/m1/s1. The number of nitrogens with one attached hydrogen (secondary N) is 2. The summed E-state index contributed by atoms with van der Waals surface area (Å²) >= 11 is 0. The van der Waals surface area contributed by atoms with Gasteiger partial charge in [0.25, 0.3) is 0 Å². The number of anilines is 1. The van der Waals surface area contributed by atoms with Crippen LogP contribution in [0.25, 0.3) is 22.3 Å². The van der Waals surface area contributed by atoms with E-state index >= 15 is 0 Å². The maximum absolute atomic E-state index is 13.1. The van der Waals surface area contributed by atoms with Crippen molar-refractivity contribution in [1.29, 1.82) is 0 Å². The molecule has 2 amide bonds. The van der Waals surface area contributed by atoms with Crippen molar-refractivity contribution in [2.75, 3.05) is 24.5 Å². The molecule has 3 aromatic heterocycles. The van der Waals surface area contributed by atoms with Crippen LogP contribution in [0, 0.1) is 0 Å². The number of carbonyl (C=O) groups excluding carboxylic acids is 1. The summed E-state index contributed by atoms with van der Waals surface area (Å²) in [5, 5.41) is 4.20. The van der Waals surface area contributed by atoms with Gasteiger partial charge in [-0.1, -0.05) is 37.3 Å². The first kappa shape index (κ1) is 21.9. The van der Waals surface area contributed by atoms with E-state index in [2.05, 4.69) is 62.2 Å². The van der Waals surface area contributed by atoms with E-state index in [0.29, 0.717) is 19.6 Å². The van der Waals surface area contributed by atoms with Gasteiger partial charge in [-0.15, -0.1) is 0 Å². The average Bonchev–Trinajstić information content (AvgIpc) is 3.33. The van der Waals surface area contributed by atoms with Gasteiger partial charge in [0.2, 0.25) is 0 Å². The first-order valence-electron chi connectivity index (χ1n) is 11.7. The SMILES string of the molecule is CC[C@H](NC(=O)N1CCN(c2ncnc3[nH]c(-c4ccncc4)cc23)C[C@H]1C)c1ccccc1. The number of pyridine rings is 1. The van der Waals surface area contributed by atoms with Crippen LogP contribution in [0.15, 0.2) is 67.3 Å². The Balaban J connectivity index is 1.31. The number of benzene rings is 1. The van der Waals surface area contributed by atoms with Gasteiger partial charge in [-0.2, -0.15) is 0 Å². The number of urea groups is 1. The van der Waals surface area contributed by atoms with Gasteiger partial charge in [0, 0.05) is 49.3 Å². The minimum atomic E-state index is -0.0164. The second-order valence-corrected chi connectivity index (χ2v) is 8.69. The van der Waals surface area contributed by atoms with Crippen LogP contribution < -0.4 is 10.2 Å². The number of rotatable bonds is 5. The molecule has 0 saturated carbocycles. The number of piperazine rings is 1. The van der Waals surface area contributed by atoms with Gasteiger partial charge in [0.15, 0.2) is 0 Å². The zero-order valence-electron chi connectivity index (χ0n) is 19.5. The third kappa shape index (κ3) is 4.31. The third-order valence-electron chi connectivity index (χ3n) is 6.49. The quantitative estimate of drug-likeness (QED) is 0.466. The number of fused-ring (bicyclic) bond motifs is 1. The van der Waals surface area contributed by atoms with Crippen molar-refractivity contribution in [1.82, 2.24) is 30.2 Å². The minimum Gasteiger partial charge on any atom is -0.352 e. The fraction of sp³-hybridized carbons (Fsp3) is 0.308. The highest BCUT2D eigenvalue weighted by atomic mass is 16.2. The molecule has 0 bridgehead atoms. The van der Waals surface area contributed by atoms with E-state index in [1.54, 1.807) is 18.7 Å². The van der Waals surface area contributed by atoms with E-state index < -0.39 is 0 Å². The number of hydrogen-bond donors (Lipinski definition) is 2. The number of amides is 2. The molecule has 4 heterocycles. The van der Waals surface area contributed by atoms with E-state index in [4.69, 9.17) is 0 Å². The van der Waals surface area contributed by atoms with E-state index in [1.165, 1.54) is 0 Å². The van der Waals surface area contributed by atoms with Crippen LogP contribution in [0.3, 0.4) is 0 Å². The molecule has 4 aromatic rings. The van der Waals surface area contributed by atoms with Gasteiger partial charge in [-0.05, 0) is 37.1 Å². The molecule has 1 aliphatic rings. The molecule has 1 aliphatic heterocycles. The Morgan fingerprint density at radius 2 is 1.94 bits per heavy atom. The highest BCUT2D eigenvalue weighted by Crippen LogP contribution is 2.30. The maximum Gasteiger partial charge on any atom is 0.318 e. The molecular weight excluding hydrogens is 426 g/mol. The number of nitrogens with zero attached hydrogens (tertiary/aromatic N) is 5. The summed E-state index contributed by atoms with van der Waals surface area (Å²) in [6.45, 7) is 6.23. The predicted octanol–water partition coefficient (Wildman–Crippen LogP) is 4.39. The van der Waals surface area contributed by atoms with Gasteiger partial charge in [0.1, 0.15) is 17.8 Å². The lowest BCUT2D eigenvalue weighted by Crippen LogP contribution is -2.57. The highest BCUT2D eigenvalue weighted by molar-refractivity contribution is 5.92. The monoisotopic (exact) mass is 455 g/mol. The van der Waals surface area contributed by atoms with E-state index in [1.807, 2.05) is 35.2 Å². The van der Waals surface area contributed by atoms with Crippen molar-refractivity contribution in [2.45, 2.75) is 32.4 Å². The number of hydrogen-bond acceptors (Lipinski definition) is 5. The second-order valence-electron chi connectivity index (χ2n) is 8.69. The molecule has 174 valence electrons. The van der Waals surface area contributed by atoms with Crippen LogP contribution >= 0.6 is 0 Å². The van der Waals surface area contributed by atoms with Gasteiger partial charge in [-0.25, -0.2) is 14.8 Å². The van der Waals surface area contributed by atoms with Crippen LogP contribution in [0.1, 0.15) is 31.9 Å². The van der Waals surface area contributed by atoms with Crippen molar-refractivity contribution in [3.8, 4) is 11.3 Å². The van der Waals surface area contributed by atoms with Crippen molar-refractivity contribution < 1.29 is 4.79 Å². The Kier molecular flexibility index (Phi) is 6.12. The molecule has 2 atom stereocenters. The third-order valence-corrected chi connectivity index (χ3v) is 6.49. The first-order valence-corrected chi connectivity index (χ1v) is 11.7. The van der Waals surface area contributed by atoms with Crippen molar-refractivity contribution in [2.24, 2.45) is 0 Å². The highest BCUT2D eigenvalue weighted by Gasteiger charge is 2.30. The molecule has 1 aromatic carbocycles. The molecule has 1 fully saturated rings. The number of aromatic nitrogens is 4. The Bertz CT molecular complexity index is 1260. The minimum absolute atomic E-state index is 0.00637. The van der Waals surface area contributed by atoms with Crippen LogP contribution in [0.2, 0.25) is 0 Å². The largest absolute Gasteiger partial charge is 0.352 e. The van der Waals surface area contributed by atoms with E-state index in [9.17, 15) is 4.79 Å². The van der Waals surface area contributed by atoms with Crippen LogP contribution in [-0.2, 0) is 0 Å². The molecule has 34 heavy (non-hydrogen) atoms. The average molecular weight is 456 g/mol. The molecule has 0 radical (unpaired) electrons. The lowest BCUT2D eigenvalue weighted by Gasteiger charge is -2.41. The van der Waals surface area contributed by atoms with Crippen LogP contribution in [-0.4, -0.2) is 56.5 Å². The molecule has 2 N–H and O–H groups in total.